The summed E-state index contributed by atoms with van der Waals surface area (Å²) in [5.74, 6) is -2.55. The third-order valence-electron chi connectivity index (χ3n) is 6.28. The molecule has 3 N–H and O–H groups in total. The summed E-state index contributed by atoms with van der Waals surface area (Å²) >= 11 is 0. The van der Waals surface area contributed by atoms with Crippen molar-refractivity contribution in [1.29, 1.82) is 0 Å². The van der Waals surface area contributed by atoms with Gasteiger partial charge in [0.15, 0.2) is 0 Å². The van der Waals surface area contributed by atoms with Crippen molar-refractivity contribution in [2.24, 2.45) is 5.92 Å². The van der Waals surface area contributed by atoms with Gasteiger partial charge in [-0.3, -0.25) is 9.59 Å². The fourth-order valence-corrected chi connectivity index (χ4v) is 4.39. The second-order valence-electron chi connectivity index (χ2n) is 8.66. The number of hydrogen-bond donors (Lipinski definition) is 3. The largest absolute Gasteiger partial charge is 0.352 e. The van der Waals surface area contributed by atoms with Gasteiger partial charge in [0.25, 0.3) is 0 Å². The van der Waals surface area contributed by atoms with E-state index in [9.17, 15) is 22.8 Å². The van der Waals surface area contributed by atoms with Crippen LogP contribution in [0.25, 0.3) is 22.2 Å². The van der Waals surface area contributed by atoms with Crippen molar-refractivity contribution < 1.29 is 22.8 Å². The highest BCUT2D eigenvalue weighted by atomic mass is 19.1. The Kier molecular flexibility index (Phi) is 5.15. The van der Waals surface area contributed by atoms with E-state index in [1.807, 2.05) is 0 Å². The first kappa shape index (κ1) is 20.6. The Morgan fingerprint density at radius 2 is 1.72 bits per heavy atom. The fraction of sp³-hybridized carbons (Fsp3) is 0.333. The highest BCUT2D eigenvalue weighted by Crippen LogP contribution is 2.48. The maximum Gasteiger partial charge on any atom is 0.239 e. The first-order chi connectivity index (χ1) is 15.4. The van der Waals surface area contributed by atoms with Gasteiger partial charge < -0.3 is 15.6 Å². The van der Waals surface area contributed by atoms with E-state index in [0.29, 0.717) is 29.5 Å². The number of carbonyl (C=O) groups is 2. The summed E-state index contributed by atoms with van der Waals surface area (Å²) < 4.78 is 41.9. The number of rotatable bonds is 6. The van der Waals surface area contributed by atoms with Gasteiger partial charge in [0.2, 0.25) is 11.8 Å². The molecule has 2 aliphatic carbocycles. The van der Waals surface area contributed by atoms with Crippen LogP contribution in [0, 0.1) is 23.4 Å². The van der Waals surface area contributed by atoms with E-state index < -0.39 is 17.5 Å². The van der Waals surface area contributed by atoms with Crippen LogP contribution in [0.2, 0.25) is 0 Å². The van der Waals surface area contributed by atoms with Crippen molar-refractivity contribution in [3.63, 3.8) is 0 Å². The minimum atomic E-state index is -0.704. The van der Waals surface area contributed by atoms with E-state index in [1.165, 1.54) is 18.2 Å². The zero-order valence-electron chi connectivity index (χ0n) is 17.2. The molecule has 2 amide bonds. The molecule has 0 aliphatic heterocycles. The van der Waals surface area contributed by atoms with Gasteiger partial charge in [-0.2, -0.15) is 0 Å². The van der Waals surface area contributed by atoms with Crippen molar-refractivity contribution >= 4 is 22.7 Å². The molecule has 5 nitrogen and oxygen atoms in total. The Hall–Kier alpha value is -3.29. The summed E-state index contributed by atoms with van der Waals surface area (Å²) in [4.78, 5) is 27.3. The second-order valence-corrected chi connectivity index (χ2v) is 8.66. The topological polar surface area (TPSA) is 74.0 Å². The summed E-state index contributed by atoms with van der Waals surface area (Å²) in [5.41, 5.74) is 2.16. The monoisotopic (exact) mass is 441 g/mol. The lowest BCUT2D eigenvalue weighted by atomic mass is 9.70. The molecule has 0 spiro atoms. The molecule has 3 aromatic rings. The third kappa shape index (κ3) is 3.97. The van der Waals surface area contributed by atoms with Crippen molar-refractivity contribution in [2.75, 3.05) is 6.54 Å². The van der Waals surface area contributed by atoms with Crippen LogP contribution in [0.4, 0.5) is 13.2 Å². The van der Waals surface area contributed by atoms with Gasteiger partial charge in [-0.15, -0.1) is 0 Å². The summed E-state index contributed by atoms with van der Waals surface area (Å²) in [6.07, 6.45) is 2.95. The average molecular weight is 441 g/mol. The van der Waals surface area contributed by atoms with Crippen molar-refractivity contribution in [2.45, 2.75) is 37.6 Å². The quantitative estimate of drug-likeness (QED) is 0.538. The lowest BCUT2D eigenvalue weighted by Gasteiger charge is -2.35. The molecule has 166 valence electrons. The molecular weight excluding hydrogens is 419 g/mol. The van der Waals surface area contributed by atoms with E-state index in [4.69, 9.17) is 0 Å². The molecule has 2 aliphatic rings. The molecule has 0 saturated heterocycles. The minimum absolute atomic E-state index is 0.0547. The van der Waals surface area contributed by atoms with Gasteiger partial charge in [-0.25, -0.2) is 13.2 Å². The lowest BCUT2D eigenvalue weighted by molar-refractivity contribution is -0.130. The lowest BCUT2D eigenvalue weighted by Crippen LogP contribution is -2.43. The van der Waals surface area contributed by atoms with Crippen LogP contribution in [0.15, 0.2) is 36.4 Å². The van der Waals surface area contributed by atoms with Gasteiger partial charge in [-0.05, 0) is 73.1 Å². The maximum absolute atomic E-state index is 14.4. The van der Waals surface area contributed by atoms with Crippen LogP contribution in [0.1, 0.15) is 37.2 Å². The first-order valence-electron chi connectivity index (χ1n) is 10.7. The van der Waals surface area contributed by atoms with Crippen molar-refractivity contribution in [1.82, 2.24) is 15.6 Å². The van der Waals surface area contributed by atoms with E-state index in [-0.39, 0.29) is 41.8 Å². The van der Waals surface area contributed by atoms with Crippen LogP contribution in [0.3, 0.4) is 0 Å². The maximum atomic E-state index is 14.4. The summed E-state index contributed by atoms with van der Waals surface area (Å²) in [5, 5.41) is 5.92. The van der Waals surface area contributed by atoms with Gasteiger partial charge in [0, 0.05) is 23.4 Å². The Balaban J connectivity index is 1.36. The molecule has 0 radical (unpaired) electrons. The zero-order valence-corrected chi connectivity index (χ0v) is 17.2. The van der Waals surface area contributed by atoms with E-state index >= 15 is 0 Å². The standard InChI is InChI=1S/C24H22F3N3O2/c25-15-3-1-12(2-4-15)22-21(18-9-16(26)10-19(27)23(18)30-22)13-7-14(8-13)24(32)28-11-20(31)29-17-5-6-17/h1-4,9-10,13-14,17,30H,5-8,11H2,(H,28,32)(H,29,31)/t13-,14-. The number of aromatic amines is 1. The van der Waals surface area contributed by atoms with Crippen LogP contribution < -0.4 is 10.6 Å². The molecule has 0 unspecified atom stereocenters. The van der Waals surface area contributed by atoms with Gasteiger partial charge in [0.1, 0.15) is 17.5 Å². The van der Waals surface area contributed by atoms with Crippen LogP contribution in [0.5, 0.6) is 0 Å². The second kappa shape index (κ2) is 8.00. The Morgan fingerprint density at radius 3 is 2.41 bits per heavy atom. The van der Waals surface area contributed by atoms with E-state index in [2.05, 4.69) is 15.6 Å². The average Bonchev–Trinajstić information content (AvgIpc) is 3.45. The minimum Gasteiger partial charge on any atom is -0.352 e. The molecule has 0 bridgehead atoms. The van der Waals surface area contributed by atoms with Crippen LogP contribution >= 0.6 is 0 Å². The van der Waals surface area contributed by atoms with Crippen LogP contribution in [-0.4, -0.2) is 29.4 Å². The number of halogens is 3. The Bertz CT molecular complexity index is 1200. The number of nitrogens with one attached hydrogen (secondary N) is 3. The molecule has 0 atom stereocenters. The molecule has 1 aromatic heterocycles. The number of benzene rings is 2. The number of aromatic nitrogens is 1. The molecule has 1 heterocycles. The van der Waals surface area contributed by atoms with Crippen LogP contribution in [-0.2, 0) is 9.59 Å². The highest BCUT2D eigenvalue weighted by molar-refractivity contribution is 5.93. The Morgan fingerprint density at radius 1 is 1.00 bits per heavy atom. The summed E-state index contributed by atoms with van der Waals surface area (Å²) in [6, 6.07) is 8.13. The normalized spacial score (nSPS) is 20.1. The predicted octanol–water partition coefficient (Wildman–Crippen LogP) is 4.14. The third-order valence-corrected chi connectivity index (χ3v) is 6.28. The van der Waals surface area contributed by atoms with Gasteiger partial charge in [0.05, 0.1) is 17.8 Å². The molecular formula is C24H22F3N3O2. The molecule has 5 rings (SSSR count). The fourth-order valence-electron chi connectivity index (χ4n) is 4.39. The summed E-state index contributed by atoms with van der Waals surface area (Å²) in [6.45, 7) is -0.0547. The van der Waals surface area contributed by atoms with Gasteiger partial charge >= 0.3 is 0 Å². The smallest absolute Gasteiger partial charge is 0.239 e. The Labute approximate surface area is 182 Å². The SMILES string of the molecule is O=C(CNC(=O)[C@H]1C[C@H](c2c(-c3ccc(F)cc3)[nH]c3c(F)cc(F)cc32)C1)NC1CC1. The number of carbonyl (C=O) groups excluding carboxylic acids is 2. The molecule has 2 aromatic carbocycles. The molecule has 2 fully saturated rings. The van der Waals surface area contributed by atoms with Crippen molar-refractivity contribution in [3.8, 4) is 11.3 Å². The van der Waals surface area contributed by atoms with E-state index in [1.54, 1.807) is 12.1 Å². The highest BCUT2D eigenvalue weighted by Gasteiger charge is 2.38. The first-order valence-corrected chi connectivity index (χ1v) is 10.7. The molecule has 2 saturated carbocycles. The number of amides is 2. The number of H-pyrrole nitrogens is 1. The predicted molar refractivity (Wildman–Crippen MR) is 113 cm³/mol. The van der Waals surface area contributed by atoms with Crippen molar-refractivity contribution in [3.05, 3.63) is 59.4 Å². The van der Waals surface area contributed by atoms with E-state index in [0.717, 1.165) is 24.5 Å². The molecule has 8 heteroatoms. The number of fused-ring (bicyclic) bond motifs is 1. The van der Waals surface area contributed by atoms with Gasteiger partial charge in [-0.1, -0.05) is 0 Å². The summed E-state index contributed by atoms with van der Waals surface area (Å²) in [7, 11) is 0. The molecule has 32 heavy (non-hydrogen) atoms. The zero-order chi connectivity index (χ0) is 22.4. The number of hydrogen-bond acceptors (Lipinski definition) is 2.